The van der Waals surface area contributed by atoms with Crippen molar-refractivity contribution in [2.75, 3.05) is 0 Å². The molecule has 2 saturated carbocycles. The van der Waals surface area contributed by atoms with Crippen LogP contribution in [0.3, 0.4) is 0 Å². The lowest BCUT2D eigenvalue weighted by atomic mass is 9.54. The molecule has 0 bridgehead atoms. The van der Waals surface area contributed by atoms with E-state index in [0.29, 0.717) is 0 Å². The Morgan fingerprint density at radius 3 is 2.75 bits per heavy atom. The third kappa shape index (κ3) is 1.78. The first-order valence-corrected chi connectivity index (χ1v) is 8.98. The molecule has 112 valence electrons. The van der Waals surface area contributed by atoms with Crippen LogP contribution in [0.15, 0.2) is 11.1 Å². The molecular weight excluding hydrogens is 244 g/mol. The molecule has 0 aliphatic heterocycles. The molecule has 0 saturated heterocycles. The lowest BCUT2D eigenvalue weighted by Gasteiger charge is -2.51. The van der Waals surface area contributed by atoms with Gasteiger partial charge in [0, 0.05) is 0 Å². The van der Waals surface area contributed by atoms with E-state index in [2.05, 4.69) is 13.8 Å². The molecule has 4 aliphatic carbocycles. The molecule has 0 aromatic carbocycles. The summed E-state index contributed by atoms with van der Waals surface area (Å²) in [4.78, 5) is 0. The van der Waals surface area contributed by atoms with Crippen molar-refractivity contribution < 1.29 is 5.11 Å². The number of rotatable bonds is 0. The zero-order chi connectivity index (χ0) is 13.9. The largest absolute Gasteiger partial charge is 0.393 e. The van der Waals surface area contributed by atoms with Crippen LogP contribution in [0.4, 0.5) is 0 Å². The van der Waals surface area contributed by atoms with Crippen molar-refractivity contribution in [2.45, 2.75) is 77.7 Å². The highest BCUT2D eigenvalue weighted by Gasteiger charge is 2.54. The van der Waals surface area contributed by atoms with Crippen molar-refractivity contribution in [3.8, 4) is 0 Å². The zero-order valence-corrected chi connectivity index (χ0v) is 13.2. The molecule has 1 N–H and O–H groups in total. The van der Waals surface area contributed by atoms with E-state index >= 15 is 0 Å². The summed E-state index contributed by atoms with van der Waals surface area (Å²) in [6, 6.07) is 0. The average molecular weight is 274 g/mol. The van der Waals surface area contributed by atoms with Gasteiger partial charge < -0.3 is 5.11 Å². The maximum absolute atomic E-state index is 10.4. The van der Waals surface area contributed by atoms with E-state index in [1.807, 2.05) is 11.1 Å². The molecule has 1 nitrogen and oxygen atoms in total. The smallest absolute Gasteiger partial charge is 0.0596 e. The van der Waals surface area contributed by atoms with Crippen LogP contribution in [0, 0.1) is 29.1 Å². The quantitative estimate of drug-likeness (QED) is 0.635. The molecular formula is C19H30O. The van der Waals surface area contributed by atoms with Gasteiger partial charge in [-0.2, -0.15) is 0 Å². The SMILES string of the molecule is CC1CCC2=C(CCC3C2CC[C@]2(C)C(O)CC[C@@H]32)C1. The molecule has 0 radical (unpaired) electrons. The Kier molecular flexibility index (Phi) is 3.07. The van der Waals surface area contributed by atoms with E-state index in [0.717, 1.165) is 30.1 Å². The van der Waals surface area contributed by atoms with Gasteiger partial charge >= 0.3 is 0 Å². The number of aliphatic hydroxyl groups excluding tert-OH is 1. The summed E-state index contributed by atoms with van der Waals surface area (Å²) in [5.74, 6) is 3.53. The molecule has 0 aromatic heterocycles. The van der Waals surface area contributed by atoms with Gasteiger partial charge in [0.05, 0.1) is 6.10 Å². The number of hydrogen-bond acceptors (Lipinski definition) is 1. The average Bonchev–Trinajstić information content (AvgIpc) is 2.74. The standard InChI is InChI=1S/C19H30O/c1-12-3-5-14-13(11-12)4-6-16-15(14)9-10-19(2)17(16)7-8-18(19)20/h12,15-18,20H,3-11H2,1-2H3/t12?,15?,16?,17-,18?,19-/m0/s1. The summed E-state index contributed by atoms with van der Waals surface area (Å²) in [5.41, 5.74) is 4.00. The first-order chi connectivity index (χ1) is 9.59. The molecule has 0 spiro atoms. The highest BCUT2D eigenvalue weighted by atomic mass is 16.3. The Balaban J connectivity index is 1.64. The first kappa shape index (κ1) is 13.4. The predicted molar refractivity (Wildman–Crippen MR) is 82.3 cm³/mol. The number of aliphatic hydroxyl groups is 1. The second-order valence-corrected chi connectivity index (χ2v) is 8.53. The Hall–Kier alpha value is -0.300. The van der Waals surface area contributed by atoms with Crippen molar-refractivity contribution in [1.29, 1.82) is 0 Å². The summed E-state index contributed by atoms with van der Waals surface area (Å²) < 4.78 is 0. The summed E-state index contributed by atoms with van der Waals surface area (Å²) in [6.45, 7) is 4.82. The topological polar surface area (TPSA) is 20.2 Å². The van der Waals surface area contributed by atoms with Crippen LogP contribution in [0.1, 0.15) is 71.6 Å². The normalized spacial score (nSPS) is 51.5. The van der Waals surface area contributed by atoms with Crippen LogP contribution in [0.2, 0.25) is 0 Å². The highest BCUT2D eigenvalue weighted by Crippen LogP contribution is 2.61. The first-order valence-electron chi connectivity index (χ1n) is 8.98. The number of hydrogen-bond donors (Lipinski definition) is 1. The van der Waals surface area contributed by atoms with Crippen molar-refractivity contribution in [3.63, 3.8) is 0 Å². The van der Waals surface area contributed by atoms with Gasteiger partial charge in [-0.25, -0.2) is 0 Å². The summed E-state index contributed by atoms with van der Waals surface area (Å²) in [6.07, 6.45) is 12.0. The maximum Gasteiger partial charge on any atom is 0.0596 e. The van der Waals surface area contributed by atoms with E-state index in [9.17, 15) is 5.11 Å². The third-order valence-corrected chi connectivity index (χ3v) is 7.57. The number of allylic oxidation sites excluding steroid dienone is 2. The van der Waals surface area contributed by atoms with Crippen molar-refractivity contribution in [2.24, 2.45) is 29.1 Å². The van der Waals surface area contributed by atoms with Gasteiger partial charge in [0.25, 0.3) is 0 Å². The summed E-state index contributed by atoms with van der Waals surface area (Å²) >= 11 is 0. The fourth-order valence-electron chi connectivity index (χ4n) is 6.38. The lowest BCUT2D eigenvalue weighted by molar-refractivity contribution is -0.0319. The Morgan fingerprint density at radius 1 is 1.05 bits per heavy atom. The van der Waals surface area contributed by atoms with E-state index in [1.54, 1.807) is 0 Å². The van der Waals surface area contributed by atoms with Crippen molar-refractivity contribution in [1.82, 2.24) is 0 Å². The van der Waals surface area contributed by atoms with E-state index in [-0.39, 0.29) is 11.5 Å². The van der Waals surface area contributed by atoms with E-state index < -0.39 is 0 Å². The molecule has 6 atom stereocenters. The Labute approximate surface area is 123 Å². The fourth-order valence-corrected chi connectivity index (χ4v) is 6.38. The maximum atomic E-state index is 10.4. The van der Waals surface area contributed by atoms with Gasteiger partial charge in [-0.1, -0.05) is 25.0 Å². The molecule has 20 heavy (non-hydrogen) atoms. The molecule has 0 amide bonds. The van der Waals surface area contributed by atoms with Gasteiger partial charge in [0.15, 0.2) is 0 Å². The van der Waals surface area contributed by atoms with Gasteiger partial charge in [0.2, 0.25) is 0 Å². The lowest BCUT2D eigenvalue weighted by Crippen LogP contribution is -2.45. The minimum absolute atomic E-state index is 0.0183. The Bertz CT molecular complexity index is 437. The second kappa shape index (κ2) is 4.60. The minimum atomic E-state index is -0.0183. The number of fused-ring (bicyclic) bond motifs is 4. The van der Waals surface area contributed by atoms with Crippen molar-refractivity contribution in [3.05, 3.63) is 11.1 Å². The molecule has 1 heteroatoms. The predicted octanol–water partition coefficient (Wildman–Crippen LogP) is 4.70. The van der Waals surface area contributed by atoms with Crippen LogP contribution in [-0.2, 0) is 0 Å². The van der Waals surface area contributed by atoms with Crippen LogP contribution >= 0.6 is 0 Å². The molecule has 0 heterocycles. The van der Waals surface area contributed by atoms with Gasteiger partial charge in [0.1, 0.15) is 0 Å². The molecule has 2 fully saturated rings. The molecule has 4 aliphatic rings. The van der Waals surface area contributed by atoms with Crippen LogP contribution in [0.5, 0.6) is 0 Å². The second-order valence-electron chi connectivity index (χ2n) is 8.53. The highest BCUT2D eigenvalue weighted by molar-refractivity contribution is 5.26. The van der Waals surface area contributed by atoms with Crippen LogP contribution < -0.4 is 0 Å². The van der Waals surface area contributed by atoms with Gasteiger partial charge in [-0.05, 0) is 86.9 Å². The zero-order valence-electron chi connectivity index (χ0n) is 13.2. The fraction of sp³-hybridized carbons (Fsp3) is 0.895. The van der Waals surface area contributed by atoms with Crippen LogP contribution in [0.25, 0.3) is 0 Å². The van der Waals surface area contributed by atoms with Gasteiger partial charge in [-0.3, -0.25) is 0 Å². The summed E-state index contributed by atoms with van der Waals surface area (Å²) in [5, 5.41) is 10.4. The van der Waals surface area contributed by atoms with E-state index in [1.165, 1.54) is 51.4 Å². The molecule has 4 unspecified atom stereocenters. The van der Waals surface area contributed by atoms with E-state index in [4.69, 9.17) is 0 Å². The van der Waals surface area contributed by atoms with Gasteiger partial charge in [-0.15, -0.1) is 0 Å². The monoisotopic (exact) mass is 274 g/mol. The summed E-state index contributed by atoms with van der Waals surface area (Å²) in [7, 11) is 0. The van der Waals surface area contributed by atoms with Crippen LogP contribution in [-0.4, -0.2) is 11.2 Å². The Morgan fingerprint density at radius 2 is 1.90 bits per heavy atom. The molecule has 4 rings (SSSR count). The van der Waals surface area contributed by atoms with Crippen molar-refractivity contribution >= 4 is 0 Å². The third-order valence-electron chi connectivity index (χ3n) is 7.57. The minimum Gasteiger partial charge on any atom is -0.393 e. The molecule has 0 aromatic rings.